The molecule has 1 heterocycles. The summed E-state index contributed by atoms with van der Waals surface area (Å²) < 4.78 is 0. The quantitative estimate of drug-likeness (QED) is 0.544. The summed E-state index contributed by atoms with van der Waals surface area (Å²) in [6.45, 7) is 0. The standard InChI is InChI=1S/C11H12N2S/c14-8-13-11-6-5-10(7-12-11)9-3-1-2-4-9/h5-7,9H,1-4H2. The van der Waals surface area contributed by atoms with E-state index in [1.807, 2.05) is 12.3 Å². The van der Waals surface area contributed by atoms with Gasteiger partial charge in [0.15, 0.2) is 5.82 Å². The van der Waals surface area contributed by atoms with Crippen LogP contribution in [0.1, 0.15) is 37.2 Å². The molecule has 0 bridgehead atoms. The molecular formula is C11H12N2S. The summed E-state index contributed by atoms with van der Waals surface area (Å²) in [7, 11) is 0. The Morgan fingerprint density at radius 1 is 1.36 bits per heavy atom. The Bertz CT molecular complexity index is 346. The van der Waals surface area contributed by atoms with Gasteiger partial charge in [0.25, 0.3) is 0 Å². The summed E-state index contributed by atoms with van der Waals surface area (Å²) in [4.78, 5) is 8.05. The summed E-state index contributed by atoms with van der Waals surface area (Å²) in [5.74, 6) is 1.37. The van der Waals surface area contributed by atoms with Crippen LogP contribution < -0.4 is 0 Å². The van der Waals surface area contributed by atoms with Crippen LogP contribution in [0.25, 0.3) is 0 Å². The van der Waals surface area contributed by atoms with E-state index in [1.165, 1.54) is 31.2 Å². The highest BCUT2D eigenvalue weighted by molar-refractivity contribution is 7.78. The van der Waals surface area contributed by atoms with Gasteiger partial charge < -0.3 is 0 Å². The molecule has 1 aromatic rings. The van der Waals surface area contributed by atoms with Crippen LogP contribution in [0.4, 0.5) is 5.82 Å². The SMILES string of the molecule is S=C=Nc1ccc(C2CCCC2)cn1. The van der Waals surface area contributed by atoms with Gasteiger partial charge in [0.1, 0.15) is 0 Å². The van der Waals surface area contributed by atoms with Crippen molar-refractivity contribution >= 4 is 23.2 Å². The average molecular weight is 204 g/mol. The number of pyridine rings is 1. The van der Waals surface area contributed by atoms with E-state index < -0.39 is 0 Å². The van der Waals surface area contributed by atoms with Gasteiger partial charge in [-0.05, 0) is 42.6 Å². The van der Waals surface area contributed by atoms with E-state index in [1.54, 1.807) is 0 Å². The molecule has 0 N–H and O–H groups in total. The number of hydrogen-bond acceptors (Lipinski definition) is 3. The fourth-order valence-electron chi connectivity index (χ4n) is 2.01. The van der Waals surface area contributed by atoms with Crippen molar-refractivity contribution in [3.8, 4) is 0 Å². The van der Waals surface area contributed by atoms with Crippen molar-refractivity contribution in [2.45, 2.75) is 31.6 Å². The lowest BCUT2D eigenvalue weighted by atomic mass is 10.00. The molecule has 14 heavy (non-hydrogen) atoms. The van der Waals surface area contributed by atoms with Crippen LogP contribution in [-0.4, -0.2) is 10.1 Å². The normalized spacial score (nSPS) is 16.6. The molecule has 0 radical (unpaired) electrons. The van der Waals surface area contributed by atoms with Crippen molar-refractivity contribution in [2.75, 3.05) is 0 Å². The van der Waals surface area contributed by atoms with Gasteiger partial charge in [0.05, 0.1) is 5.16 Å². The molecule has 2 nitrogen and oxygen atoms in total. The molecule has 0 aliphatic heterocycles. The van der Waals surface area contributed by atoms with Crippen LogP contribution in [0, 0.1) is 0 Å². The molecule has 1 aliphatic rings. The lowest BCUT2D eigenvalue weighted by Crippen LogP contribution is -1.92. The number of hydrogen-bond donors (Lipinski definition) is 0. The number of nitrogens with zero attached hydrogens (tertiary/aromatic N) is 2. The molecule has 1 saturated carbocycles. The molecule has 3 heteroatoms. The predicted octanol–water partition coefficient (Wildman–Crippen LogP) is 3.47. The average Bonchev–Trinajstić information content (AvgIpc) is 2.72. The first-order valence-electron chi connectivity index (χ1n) is 4.94. The first-order chi connectivity index (χ1) is 6.90. The van der Waals surface area contributed by atoms with Gasteiger partial charge in [-0.2, -0.15) is 4.99 Å². The second-order valence-corrected chi connectivity index (χ2v) is 3.82. The number of aliphatic imine (C=N–C) groups is 1. The minimum atomic E-state index is 0.654. The fourth-order valence-corrected chi connectivity index (χ4v) is 2.10. The van der Waals surface area contributed by atoms with Crippen molar-refractivity contribution in [1.29, 1.82) is 0 Å². The van der Waals surface area contributed by atoms with E-state index in [4.69, 9.17) is 0 Å². The Kier molecular flexibility index (Phi) is 3.02. The maximum atomic E-state index is 4.52. The Labute approximate surface area is 89.1 Å². The molecular weight excluding hydrogens is 192 g/mol. The number of isothiocyanates is 1. The van der Waals surface area contributed by atoms with E-state index in [0.717, 1.165) is 0 Å². The zero-order valence-corrected chi connectivity index (χ0v) is 8.76. The Hall–Kier alpha value is -1.05. The van der Waals surface area contributed by atoms with Gasteiger partial charge in [-0.15, -0.1) is 0 Å². The highest BCUT2D eigenvalue weighted by atomic mass is 32.1. The van der Waals surface area contributed by atoms with E-state index in [-0.39, 0.29) is 0 Å². The maximum absolute atomic E-state index is 4.52. The molecule has 0 unspecified atom stereocenters. The Morgan fingerprint density at radius 3 is 2.71 bits per heavy atom. The third-order valence-electron chi connectivity index (χ3n) is 2.76. The van der Waals surface area contributed by atoms with Gasteiger partial charge >= 0.3 is 0 Å². The molecule has 2 rings (SSSR count). The summed E-state index contributed by atoms with van der Waals surface area (Å²) in [6.07, 6.45) is 7.23. The van der Waals surface area contributed by atoms with Gasteiger partial charge in [-0.25, -0.2) is 4.98 Å². The zero-order valence-electron chi connectivity index (χ0n) is 7.94. The predicted molar refractivity (Wildman–Crippen MR) is 60.1 cm³/mol. The minimum Gasteiger partial charge on any atom is -0.236 e. The van der Waals surface area contributed by atoms with Gasteiger partial charge in [0.2, 0.25) is 0 Å². The molecule has 1 aliphatic carbocycles. The van der Waals surface area contributed by atoms with Gasteiger partial charge in [-0.1, -0.05) is 18.9 Å². The topological polar surface area (TPSA) is 25.2 Å². The molecule has 1 fully saturated rings. The molecule has 0 spiro atoms. The lowest BCUT2D eigenvalue weighted by molar-refractivity contribution is 0.719. The Balaban J connectivity index is 2.16. The number of rotatable bonds is 2. The van der Waals surface area contributed by atoms with Crippen LogP contribution in [-0.2, 0) is 0 Å². The van der Waals surface area contributed by atoms with E-state index in [0.29, 0.717) is 11.7 Å². The van der Waals surface area contributed by atoms with Gasteiger partial charge in [0, 0.05) is 6.20 Å². The summed E-state index contributed by atoms with van der Waals surface area (Å²) in [6, 6.07) is 4.02. The number of thiocarbonyl (C=S) groups is 1. The molecule has 1 aromatic heterocycles. The number of aromatic nitrogens is 1. The summed E-state index contributed by atoms with van der Waals surface area (Å²) in [5, 5.41) is 2.32. The molecule has 0 atom stereocenters. The van der Waals surface area contributed by atoms with Crippen molar-refractivity contribution in [3.63, 3.8) is 0 Å². The van der Waals surface area contributed by atoms with Crippen molar-refractivity contribution in [2.24, 2.45) is 4.99 Å². The molecule has 0 amide bonds. The van der Waals surface area contributed by atoms with E-state index in [2.05, 4.69) is 33.4 Å². The fraction of sp³-hybridized carbons (Fsp3) is 0.455. The summed E-state index contributed by atoms with van der Waals surface area (Å²) >= 11 is 4.52. The smallest absolute Gasteiger partial charge is 0.162 e. The highest BCUT2D eigenvalue weighted by Crippen LogP contribution is 2.33. The van der Waals surface area contributed by atoms with Crippen molar-refractivity contribution in [3.05, 3.63) is 23.9 Å². The largest absolute Gasteiger partial charge is 0.236 e. The van der Waals surface area contributed by atoms with Crippen LogP contribution in [0.15, 0.2) is 23.3 Å². The van der Waals surface area contributed by atoms with Crippen LogP contribution >= 0.6 is 12.2 Å². The third-order valence-corrected chi connectivity index (χ3v) is 2.85. The first-order valence-corrected chi connectivity index (χ1v) is 5.35. The summed E-state index contributed by atoms with van der Waals surface area (Å²) in [5.41, 5.74) is 1.34. The van der Waals surface area contributed by atoms with Crippen LogP contribution in [0.5, 0.6) is 0 Å². The minimum absolute atomic E-state index is 0.654. The molecule has 0 aromatic carbocycles. The highest BCUT2D eigenvalue weighted by Gasteiger charge is 2.16. The monoisotopic (exact) mass is 204 g/mol. The zero-order chi connectivity index (χ0) is 9.80. The van der Waals surface area contributed by atoms with Gasteiger partial charge in [-0.3, -0.25) is 0 Å². The second-order valence-electron chi connectivity index (χ2n) is 3.63. The van der Waals surface area contributed by atoms with Crippen LogP contribution in [0.3, 0.4) is 0 Å². The molecule has 0 saturated heterocycles. The van der Waals surface area contributed by atoms with Crippen LogP contribution in [0.2, 0.25) is 0 Å². The first kappa shape index (κ1) is 9.50. The third kappa shape index (κ3) is 2.06. The second kappa shape index (κ2) is 4.45. The maximum Gasteiger partial charge on any atom is 0.162 e. The Morgan fingerprint density at radius 2 is 2.14 bits per heavy atom. The lowest BCUT2D eigenvalue weighted by Gasteiger charge is -2.07. The van der Waals surface area contributed by atoms with E-state index in [9.17, 15) is 0 Å². The van der Waals surface area contributed by atoms with E-state index >= 15 is 0 Å². The van der Waals surface area contributed by atoms with Crippen molar-refractivity contribution in [1.82, 2.24) is 4.98 Å². The van der Waals surface area contributed by atoms with Crippen molar-refractivity contribution < 1.29 is 0 Å². The molecule has 72 valence electrons.